The van der Waals surface area contributed by atoms with Gasteiger partial charge in [0.2, 0.25) is 0 Å². The number of hydrogen-bond acceptors (Lipinski definition) is 1. The maximum Gasteiger partial charge on any atom is 0.120 e. The molecule has 0 amide bonds. The first-order chi connectivity index (χ1) is 13.3. The minimum atomic E-state index is 0.492. The fourth-order valence-electron chi connectivity index (χ4n) is 6.07. The standard InChI is InChI=1S/C25H33FO/c1-2-13-27-25-10-9-23-16-22(7-8-24(23)17-25)21-6-5-19-14-18(11-12-26)3-4-20(19)15-21/h2,9-12,17-22H,1,3-8,13-16H2. The third-order valence-electron chi connectivity index (χ3n) is 7.52. The second-order valence-electron chi connectivity index (χ2n) is 9.02. The fourth-order valence-corrected chi connectivity index (χ4v) is 6.07. The zero-order chi connectivity index (χ0) is 18.6. The molecule has 4 rings (SSSR count). The summed E-state index contributed by atoms with van der Waals surface area (Å²) in [4.78, 5) is 0. The lowest BCUT2D eigenvalue weighted by Gasteiger charge is -2.44. The molecule has 27 heavy (non-hydrogen) atoms. The van der Waals surface area contributed by atoms with Crippen LogP contribution in [0.3, 0.4) is 0 Å². The van der Waals surface area contributed by atoms with Crippen LogP contribution >= 0.6 is 0 Å². The van der Waals surface area contributed by atoms with Gasteiger partial charge in [0.25, 0.3) is 0 Å². The second kappa shape index (κ2) is 8.63. The number of allylic oxidation sites excluding steroid dienone is 1. The van der Waals surface area contributed by atoms with Gasteiger partial charge in [-0.15, -0.1) is 0 Å². The summed E-state index contributed by atoms with van der Waals surface area (Å²) in [6, 6.07) is 6.66. The molecule has 0 aliphatic heterocycles. The second-order valence-corrected chi connectivity index (χ2v) is 9.02. The molecule has 5 unspecified atom stereocenters. The van der Waals surface area contributed by atoms with Crippen molar-refractivity contribution in [3.63, 3.8) is 0 Å². The van der Waals surface area contributed by atoms with Crippen LogP contribution in [0.2, 0.25) is 0 Å². The van der Waals surface area contributed by atoms with Gasteiger partial charge in [-0.1, -0.05) is 24.8 Å². The highest BCUT2D eigenvalue weighted by atomic mass is 19.1. The zero-order valence-electron chi connectivity index (χ0n) is 16.4. The lowest BCUT2D eigenvalue weighted by Crippen LogP contribution is -2.34. The molecule has 2 saturated carbocycles. The first kappa shape index (κ1) is 18.8. The summed E-state index contributed by atoms with van der Waals surface area (Å²) in [6.07, 6.45) is 16.0. The van der Waals surface area contributed by atoms with Crippen LogP contribution in [0.5, 0.6) is 5.75 Å². The molecule has 146 valence electrons. The predicted octanol–water partition coefficient (Wildman–Crippen LogP) is 6.67. The highest BCUT2D eigenvalue weighted by Crippen LogP contribution is 2.48. The van der Waals surface area contributed by atoms with Gasteiger partial charge in [0.05, 0.1) is 6.33 Å². The molecule has 0 saturated heterocycles. The number of halogens is 1. The molecule has 0 heterocycles. The molecular weight excluding hydrogens is 335 g/mol. The normalized spacial score (nSPS) is 33.3. The third-order valence-corrected chi connectivity index (χ3v) is 7.52. The Morgan fingerprint density at radius 1 is 0.963 bits per heavy atom. The lowest BCUT2D eigenvalue weighted by atomic mass is 9.61. The number of ether oxygens (including phenoxy) is 1. The van der Waals surface area contributed by atoms with Crippen LogP contribution in [0.4, 0.5) is 4.39 Å². The summed E-state index contributed by atoms with van der Waals surface area (Å²) in [5.74, 6) is 4.95. The van der Waals surface area contributed by atoms with E-state index in [9.17, 15) is 4.39 Å². The minimum absolute atomic E-state index is 0.492. The van der Waals surface area contributed by atoms with E-state index >= 15 is 0 Å². The van der Waals surface area contributed by atoms with Crippen molar-refractivity contribution in [1.82, 2.24) is 0 Å². The summed E-state index contributed by atoms with van der Waals surface area (Å²) in [5, 5.41) is 0. The van der Waals surface area contributed by atoms with E-state index in [4.69, 9.17) is 4.74 Å². The monoisotopic (exact) mass is 368 g/mol. The number of aryl methyl sites for hydroxylation is 1. The molecule has 1 aromatic carbocycles. The van der Waals surface area contributed by atoms with Crippen molar-refractivity contribution in [3.8, 4) is 5.75 Å². The van der Waals surface area contributed by atoms with Crippen LogP contribution in [0.1, 0.15) is 56.1 Å². The summed E-state index contributed by atoms with van der Waals surface area (Å²) in [6.45, 7) is 4.30. The van der Waals surface area contributed by atoms with Crippen molar-refractivity contribution in [2.24, 2.45) is 29.6 Å². The Morgan fingerprint density at radius 2 is 1.74 bits per heavy atom. The van der Waals surface area contributed by atoms with Gasteiger partial charge in [-0.25, -0.2) is 4.39 Å². The molecule has 0 bridgehead atoms. The zero-order valence-corrected chi connectivity index (χ0v) is 16.4. The number of benzene rings is 1. The Bertz CT molecular complexity index is 679. The van der Waals surface area contributed by atoms with Crippen molar-refractivity contribution in [2.45, 2.75) is 57.8 Å². The van der Waals surface area contributed by atoms with Gasteiger partial charge in [0, 0.05) is 0 Å². The number of hydrogen-bond donors (Lipinski definition) is 0. The largest absolute Gasteiger partial charge is 0.490 e. The van der Waals surface area contributed by atoms with Crippen LogP contribution in [0.15, 0.2) is 43.3 Å². The van der Waals surface area contributed by atoms with E-state index in [0.29, 0.717) is 12.5 Å². The van der Waals surface area contributed by atoms with Gasteiger partial charge in [-0.3, -0.25) is 0 Å². The molecule has 1 aromatic rings. The van der Waals surface area contributed by atoms with Gasteiger partial charge in [0.15, 0.2) is 0 Å². The molecule has 0 spiro atoms. The summed E-state index contributed by atoms with van der Waals surface area (Å²) in [5.41, 5.74) is 3.02. The highest BCUT2D eigenvalue weighted by molar-refractivity contribution is 5.37. The van der Waals surface area contributed by atoms with Gasteiger partial charge in [0.1, 0.15) is 12.4 Å². The molecule has 3 aliphatic carbocycles. The van der Waals surface area contributed by atoms with Crippen LogP contribution in [0.25, 0.3) is 0 Å². The molecule has 2 heteroatoms. The van der Waals surface area contributed by atoms with Crippen LogP contribution in [-0.2, 0) is 12.8 Å². The summed E-state index contributed by atoms with van der Waals surface area (Å²) >= 11 is 0. The molecule has 5 atom stereocenters. The van der Waals surface area contributed by atoms with E-state index in [2.05, 4.69) is 24.8 Å². The Kier molecular flexibility index (Phi) is 6.00. The SMILES string of the molecule is C=CCOc1ccc2c(c1)CCC(C1CCC3CC(C=CF)CCC3C1)C2. The topological polar surface area (TPSA) is 9.23 Å². The van der Waals surface area contributed by atoms with Gasteiger partial charge >= 0.3 is 0 Å². The van der Waals surface area contributed by atoms with E-state index in [1.165, 1.54) is 68.9 Å². The highest BCUT2D eigenvalue weighted by Gasteiger charge is 2.38. The van der Waals surface area contributed by atoms with E-state index in [0.717, 1.165) is 35.8 Å². The molecule has 0 aromatic heterocycles. The van der Waals surface area contributed by atoms with Crippen molar-refractivity contribution in [1.29, 1.82) is 0 Å². The Balaban J connectivity index is 1.35. The van der Waals surface area contributed by atoms with Crippen molar-refractivity contribution < 1.29 is 9.13 Å². The maximum absolute atomic E-state index is 12.5. The van der Waals surface area contributed by atoms with Crippen LogP contribution in [0, 0.1) is 29.6 Å². The summed E-state index contributed by atoms with van der Waals surface area (Å²) in [7, 11) is 0. The van der Waals surface area contributed by atoms with E-state index in [-0.39, 0.29) is 0 Å². The lowest BCUT2D eigenvalue weighted by molar-refractivity contribution is 0.0809. The van der Waals surface area contributed by atoms with Crippen LogP contribution < -0.4 is 4.74 Å². The van der Waals surface area contributed by atoms with Crippen molar-refractivity contribution >= 4 is 0 Å². The van der Waals surface area contributed by atoms with E-state index in [1.54, 1.807) is 12.2 Å². The average molecular weight is 369 g/mol. The van der Waals surface area contributed by atoms with Gasteiger partial charge in [-0.05, 0) is 111 Å². The maximum atomic E-state index is 12.5. The minimum Gasteiger partial charge on any atom is -0.490 e. The fraction of sp³-hybridized carbons (Fsp3) is 0.600. The third kappa shape index (κ3) is 4.31. The molecule has 1 nitrogen and oxygen atoms in total. The summed E-state index contributed by atoms with van der Waals surface area (Å²) < 4.78 is 18.2. The Hall–Kier alpha value is -1.57. The Labute approximate surface area is 163 Å². The molecule has 2 fully saturated rings. The smallest absolute Gasteiger partial charge is 0.120 e. The van der Waals surface area contributed by atoms with Crippen molar-refractivity contribution in [3.05, 3.63) is 54.4 Å². The van der Waals surface area contributed by atoms with Gasteiger partial charge in [-0.2, -0.15) is 0 Å². The quantitative estimate of drug-likeness (QED) is 0.527. The van der Waals surface area contributed by atoms with E-state index < -0.39 is 0 Å². The molecule has 0 N–H and O–H groups in total. The van der Waals surface area contributed by atoms with E-state index in [1.807, 2.05) is 0 Å². The first-order valence-corrected chi connectivity index (χ1v) is 10.9. The Morgan fingerprint density at radius 3 is 2.56 bits per heavy atom. The molecular formula is C25H33FO. The number of rotatable bonds is 5. The predicted molar refractivity (Wildman–Crippen MR) is 110 cm³/mol. The first-order valence-electron chi connectivity index (χ1n) is 10.9. The average Bonchev–Trinajstić information content (AvgIpc) is 2.71. The van der Waals surface area contributed by atoms with Crippen LogP contribution in [-0.4, -0.2) is 6.61 Å². The van der Waals surface area contributed by atoms with Gasteiger partial charge < -0.3 is 4.74 Å². The molecule has 0 radical (unpaired) electrons. The van der Waals surface area contributed by atoms with Crippen molar-refractivity contribution in [2.75, 3.05) is 6.61 Å². The number of fused-ring (bicyclic) bond motifs is 2. The molecule has 3 aliphatic rings.